The summed E-state index contributed by atoms with van der Waals surface area (Å²) in [6, 6.07) is 17.0. The molecule has 0 unspecified atom stereocenters. The molecule has 0 aliphatic heterocycles. The molecule has 4 rings (SSSR count). The van der Waals surface area contributed by atoms with Crippen molar-refractivity contribution < 1.29 is 9.59 Å². The molecule has 0 saturated carbocycles. The second kappa shape index (κ2) is 9.82. The topological polar surface area (TPSA) is 88.9 Å². The maximum Gasteiger partial charge on any atom is 0.257 e. The van der Waals surface area contributed by atoms with Crippen LogP contribution in [0, 0.1) is 0 Å². The highest BCUT2D eigenvalue weighted by Gasteiger charge is 2.11. The van der Waals surface area contributed by atoms with Crippen molar-refractivity contribution >= 4 is 28.3 Å². The quantitative estimate of drug-likeness (QED) is 0.447. The van der Waals surface area contributed by atoms with Gasteiger partial charge in [0.1, 0.15) is 0 Å². The second-order valence-corrected chi connectivity index (χ2v) is 7.83. The fourth-order valence-electron chi connectivity index (χ4n) is 3.06. The van der Waals surface area contributed by atoms with Gasteiger partial charge in [0, 0.05) is 36.4 Å². The van der Waals surface area contributed by atoms with Crippen LogP contribution in [-0.2, 0) is 24.3 Å². The van der Waals surface area contributed by atoms with Crippen molar-refractivity contribution in [2.75, 3.05) is 5.32 Å². The molecule has 8 heteroatoms. The molecule has 2 aromatic heterocycles. The van der Waals surface area contributed by atoms with E-state index in [2.05, 4.69) is 26.7 Å². The molecule has 0 spiro atoms. The molecule has 0 aliphatic rings. The summed E-state index contributed by atoms with van der Waals surface area (Å²) < 4.78 is 1.99. The summed E-state index contributed by atoms with van der Waals surface area (Å²) in [4.78, 5) is 32.9. The van der Waals surface area contributed by atoms with E-state index in [9.17, 15) is 9.59 Å². The predicted molar refractivity (Wildman–Crippen MR) is 120 cm³/mol. The average Bonchev–Trinajstić information content (AvgIpc) is 3.45. The lowest BCUT2D eigenvalue weighted by molar-refractivity contribution is -0.120. The third kappa shape index (κ3) is 5.86. The van der Waals surface area contributed by atoms with Gasteiger partial charge in [0.2, 0.25) is 5.91 Å². The van der Waals surface area contributed by atoms with Crippen LogP contribution in [0.15, 0.2) is 78.7 Å². The van der Waals surface area contributed by atoms with E-state index in [1.165, 1.54) is 11.3 Å². The lowest BCUT2D eigenvalue weighted by Gasteiger charge is -2.07. The first-order valence-electron chi connectivity index (χ1n) is 9.77. The predicted octanol–water partition coefficient (Wildman–Crippen LogP) is 3.50. The zero-order chi connectivity index (χ0) is 21.5. The van der Waals surface area contributed by atoms with Crippen LogP contribution in [-0.4, -0.2) is 26.3 Å². The molecule has 4 aromatic rings. The van der Waals surface area contributed by atoms with E-state index in [1.54, 1.807) is 42.2 Å². The first-order valence-corrected chi connectivity index (χ1v) is 10.6. The number of anilines is 1. The summed E-state index contributed by atoms with van der Waals surface area (Å²) in [5.74, 6) is -0.340. The molecule has 156 valence electrons. The zero-order valence-electron chi connectivity index (χ0n) is 16.7. The number of aromatic nitrogens is 3. The molecule has 7 nitrogen and oxygen atoms in total. The van der Waals surface area contributed by atoms with E-state index in [4.69, 9.17) is 0 Å². The Kier molecular flexibility index (Phi) is 6.49. The van der Waals surface area contributed by atoms with Gasteiger partial charge < -0.3 is 9.88 Å². The van der Waals surface area contributed by atoms with Crippen LogP contribution < -0.4 is 10.6 Å². The summed E-state index contributed by atoms with van der Waals surface area (Å²) in [5, 5.41) is 7.95. The number of benzene rings is 2. The number of hydrogen-bond acceptors (Lipinski definition) is 5. The minimum Gasteiger partial charge on any atom is -0.352 e. The van der Waals surface area contributed by atoms with E-state index >= 15 is 0 Å². The number of amides is 2. The smallest absolute Gasteiger partial charge is 0.257 e. The van der Waals surface area contributed by atoms with Crippen molar-refractivity contribution in [2.24, 2.45) is 0 Å². The van der Waals surface area contributed by atoms with E-state index in [0.29, 0.717) is 22.9 Å². The fraction of sp³-hybridized carbons (Fsp3) is 0.130. The number of nitrogens with one attached hydrogen (secondary N) is 2. The third-order valence-corrected chi connectivity index (χ3v) is 5.36. The van der Waals surface area contributed by atoms with Crippen LogP contribution >= 0.6 is 11.3 Å². The second-order valence-electron chi connectivity index (χ2n) is 6.97. The lowest BCUT2D eigenvalue weighted by Crippen LogP contribution is -2.24. The monoisotopic (exact) mass is 431 g/mol. The number of carbonyl (C=O) groups is 2. The van der Waals surface area contributed by atoms with Crippen molar-refractivity contribution in [3.05, 3.63) is 101 Å². The van der Waals surface area contributed by atoms with Gasteiger partial charge in [-0.05, 0) is 23.3 Å². The van der Waals surface area contributed by atoms with Crippen molar-refractivity contribution in [1.29, 1.82) is 0 Å². The fourth-order valence-corrected chi connectivity index (χ4v) is 3.77. The molecule has 0 bridgehead atoms. The number of carbonyl (C=O) groups excluding carboxylic acids is 2. The molecule has 2 aromatic carbocycles. The van der Waals surface area contributed by atoms with Gasteiger partial charge in [-0.3, -0.25) is 14.9 Å². The Morgan fingerprint density at radius 3 is 2.68 bits per heavy atom. The Morgan fingerprint density at radius 2 is 1.87 bits per heavy atom. The number of thiazole rings is 1. The number of nitrogens with zero attached hydrogens (tertiary/aromatic N) is 3. The van der Waals surface area contributed by atoms with Gasteiger partial charge >= 0.3 is 0 Å². The van der Waals surface area contributed by atoms with Crippen LogP contribution in [0.2, 0.25) is 0 Å². The average molecular weight is 432 g/mol. The standard InChI is InChI=1S/C23H21N5O2S/c29-21(25-13-17-5-4-6-18(11-17)14-28-10-9-24-16-28)12-20-15-31-23(26-20)27-22(30)19-7-2-1-3-8-19/h1-11,15-16H,12-14H2,(H,25,29)(H,26,27,30). The normalized spacial score (nSPS) is 10.6. The van der Waals surface area contributed by atoms with Crippen LogP contribution in [0.5, 0.6) is 0 Å². The highest BCUT2D eigenvalue weighted by Crippen LogP contribution is 2.17. The van der Waals surface area contributed by atoms with Crippen LogP contribution in [0.25, 0.3) is 0 Å². The molecule has 0 fully saturated rings. The van der Waals surface area contributed by atoms with Gasteiger partial charge in [0.05, 0.1) is 18.4 Å². The summed E-state index contributed by atoms with van der Waals surface area (Å²) in [7, 11) is 0. The highest BCUT2D eigenvalue weighted by atomic mass is 32.1. The molecule has 2 heterocycles. The first-order chi connectivity index (χ1) is 15.2. The molecule has 0 saturated heterocycles. The molecule has 0 aliphatic carbocycles. The maximum absolute atomic E-state index is 12.3. The SMILES string of the molecule is O=C(Cc1csc(NC(=O)c2ccccc2)n1)NCc1cccc(Cn2ccnc2)c1. The van der Waals surface area contributed by atoms with E-state index in [1.807, 2.05) is 35.0 Å². The minimum atomic E-state index is -0.221. The molecule has 2 N–H and O–H groups in total. The van der Waals surface area contributed by atoms with Gasteiger partial charge in [-0.25, -0.2) is 9.97 Å². The highest BCUT2D eigenvalue weighted by molar-refractivity contribution is 7.14. The van der Waals surface area contributed by atoms with Crippen molar-refractivity contribution in [3.8, 4) is 0 Å². The molecule has 31 heavy (non-hydrogen) atoms. The van der Waals surface area contributed by atoms with Crippen LogP contribution in [0.3, 0.4) is 0 Å². The molecule has 0 atom stereocenters. The Morgan fingerprint density at radius 1 is 1.03 bits per heavy atom. The molecule has 0 radical (unpaired) electrons. The van der Waals surface area contributed by atoms with Gasteiger partial charge in [-0.15, -0.1) is 11.3 Å². The van der Waals surface area contributed by atoms with E-state index < -0.39 is 0 Å². The summed E-state index contributed by atoms with van der Waals surface area (Å²) >= 11 is 1.30. The number of imidazole rings is 1. The van der Waals surface area contributed by atoms with Gasteiger partial charge in [0.15, 0.2) is 5.13 Å². The lowest BCUT2D eigenvalue weighted by atomic mass is 10.1. The third-order valence-electron chi connectivity index (χ3n) is 4.56. The van der Waals surface area contributed by atoms with E-state index in [0.717, 1.165) is 17.7 Å². The number of hydrogen-bond donors (Lipinski definition) is 2. The van der Waals surface area contributed by atoms with Crippen LogP contribution in [0.4, 0.5) is 5.13 Å². The Bertz CT molecular complexity index is 1160. The summed E-state index contributed by atoms with van der Waals surface area (Å²) in [6.07, 6.45) is 5.60. The number of rotatable bonds is 8. The van der Waals surface area contributed by atoms with E-state index in [-0.39, 0.29) is 18.2 Å². The maximum atomic E-state index is 12.3. The van der Waals surface area contributed by atoms with Gasteiger partial charge in [-0.1, -0.05) is 42.5 Å². The Labute approximate surface area is 183 Å². The van der Waals surface area contributed by atoms with Gasteiger partial charge in [0.25, 0.3) is 5.91 Å². The first kappa shape index (κ1) is 20.5. The van der Waals surface area contributed by atoms with Crippen molar-refractivity contribution in [2.45, 2.75) is 19.5 Å². The summed E-state index contributed by atoms with van der Waals surface area (Å²) in [6.45, 7) is 1.18. The Hall–Kier alpha value is -3.78. The molecule has 2 amide bonds. The largest absolute Gasteiger partial charge is 0.352 e. The summed E-state index contributed by atoms with van der Waals surface area (Å²) in [5.41, 5.74) is 3.36. The van der Waals surface area contributed by atoms with Crippen molar-refractivity contribution in [3.63, 3.8) is 0 Å². The van der Waals surface area contributed by atoms with Crippen molar-refractivity contribution in [1.82, 2.24) is 19.9 Å². The van der Waals surface area contributed by atoms with Gasteiger partial charge in [-0.2, -0.15) is 0 Å². The molecular weight excluding hydrogens is 410 g/mol. The zero-order valence-corrected chi connectivity index (χ0v) is 17.5. The van der Waals surface area contributed by atoms with Crippen LogP contribution in [0.1, 0.15) is 27.2 Å². The minimum absolute atomic E-state index is 0.119. The molecular formula is C23H21N5O2S. The Balaban J connectivity index is 1.27.